The van der Waals surface area contributed by atoms with Crippen LogP contribution >= 0.6 is 0 Å². The highest BCUT2D eigenvalue weighted by Gasteiger charge is 2.23. The second-order valence-corrected chi connectivity index (χ2v) is 5.53. The smallest absolute Gasteiger partial charge is 0.274 e. The molecule has 1 heterocycles. The highest BCUT2D eigenvalue weighted by molar-refractivity contribution is 5.93. The molecule has 1 aliphatic rings. The molecule has 2 aromatic carbocycles. The molecule has 2 aromatic rings. The first-order valence-corrected chi connectivity index (χ1v) is 7.31. The van der Waals surface area contributed by atoms with Gasteiger partial charge >= 0.3 is 0 Å². The van der Waals surface area contributed by atoms with Gasteiger partial charge in [-0.15, -0.1) is 0 Å². The number of nitrogens with zero attached hydrogens (tertiary/aromatic N) is 1. The molecule has 1 amide bonds. The average Bonchev–Trinajstić information content (AvgIpc) is 2.73. The highest BCUT2D eigenvalue weighted by Crippen LogP contribution is 2.30. The van der Waals surface area contributed by atoms with Crippen molar-refractivity contribution in [3.8, 4) is 5.75 Å². The van der Waals surface area contributed by atoms with Gasteiger partial charge in [0.05, 0.1) is 6.04 Å². The predicted octanol–water partition coefficient (Wildman–Crippen LogP) is 2.73. The Balaban J connectivity index is 1.94. The number of amides is 1. The summed E-state index contributed by atoms with van der Waals surface area (Å²) in [7, 11) is 0. The Morgan fingerprint density at radius 3 is 2.91 bits per heavy atom. The van der Waals surface area contributed by atoms with Gasteiger partial charge in [-0.2, -0.15) is 0 Å². The fraction of sp³-hybridized carbons (Fsp3) is 0.235. The number of anilines is 1. The lowest BCUT2D eigenvalue weighted by Crippen LogP contribution is -2.34. The van der Waals surface area contributed by atoms with Gasteiger partial charge in [-0.25, -0.2) is 9.87 Å². The van der Waals surface area contributed by atoms with E-state index in [1.54, 1.807) is 29.7 Å². The number of hydroxylamine groups is 1. The van der Waals surface area contributed by atoms with Crippen molar-refractivity contribution in [2.45, 2.75) is 19.5 Å². The lowest BCUT2D eigenvalue weighted by Gasteiger charge is -2.28. The summed E-state index contributed by atoms with van der Waals surface area (Å²) in [5.41, 5.74) is 3.60. The van der Waals surface area contributed by atoms with Crippen LogP contribution in [0, 0.1) is 5.82 Å². The monoisotopic (exact) mass is 316 g/mol. The first kappa shape index (κ1) is 15.3. The molecule has 0 fully saturated rings. The number of carbonyl (C=O) groups excluding carboxylic acids is 1. The predicted molar refractivity (Wildman–Crippen MR) is 83.2 cm³/mol. The summed E-state index contributed by atoms with van der Waals surface area (Å²) in [6, 6.07) is 11.5. The number of fused-ring (bicyclic) bond motifs is 1. The third-order valence-electron chi connectivity index (χ3n) is 3.92. The summed E-state index contributed by atoms with van der Waals surface area (Å²) in [5, 5.41) is 8.72. The van der Waals surface area contributed by atoms with Crippen LogP contribution < -0.4 is 15.1 Å². The molecule has 5 nitrogen and oxygen atoms in total. The van der Waals surface area contributed by atoms with Gasteiger partial charge in [-0.05, 0) is 37.3 Å². The van der Waals surface area contributed by atoms with Crippen molar-refractivity contribution in [3.63, 3.8) is 0 Å². The van der Waals surface area contributed by atoms with Crippen LogP contribution in [-0.2, 0) is 6.54 Å². The van der Waals surface area contributed by atoms with E-state index in [0.29, 0.717) is 24.5 Å². The number of carbonyl (C=O) groups is 1. The lowest BCUT2D eigenvalue weighted by atomic mass is 10.1. The molecule has 0 saturated heterocycles. The van der Waals surface area contributed by atoms with Gasteiger partial charge in [0.1, 0.15) is 18.2 Å². The lowest BCUT2D eigenvalue weighted by molar-refractivity contribution is 0.0706. The van der Waals surface area contributed by atoms with Crippen molar-refractivity contribution in [2.24, 2.45) is 0 Å². The summed E-state index contributed by atoms with van der Waals surface area (Å²) < 4.78 is 19.3. The van der Waals surface area contributed by atoms with Crippen molar-refractivity contribution in [1.29, 1.82) is 0 Å². The van der Waals surface area contributed by atoms with E-state index in [2.05, 4.69) is 4.90 Å². The van der Waals surface area contributed by atoms with E-state index < -0.39 is 5.91 Å². The van der Waals surface area contributed by atoms with E-state index in [4.69, 9.17) is 9.94 Å². The maximum atomic E-state index is 13.5. The first-order chi connectivity index (χ1) is 11.1. The maximum absolute atomic E-state index is 13.5. The Labute approximate surface area is 133 Å². The van der Waals surface area contributed by atoms with E-state index in [1.807, 2.05) is 13.0 Å². The Morgan fingerprint density at radius 2 is 2.17 bits per heavy atom. The molecule has 0 radical (unpaired) electrons. The van der Waals surface area contributed by atoms with Crippen LogP contribution in [0.25, 0.3) is 0 Å². The number of rotatable bonds is 2. The SMILES string of the molecule is C[C@H]1COc2cc(C(=O)NO)ccc2CN1c1cccc(F)c1. The Hall–Kier alpha value is -2.60. The van der Waals surface area contributed by atoms with Gasteiger partial charge < -0.3 is 9.64 Å². The number of hydrogen-bond acceptors (Lipinski definition) is 4. The van der Waals surface area contributed by atoms with Gasteiger partial charge in [0.25, 0.3) is 5.91 Å². The van der Waals surface area contributed by atoms with E-state index in [0.717, 1.165) is 11.3 Å². The molecule has 0 aromatic heterocycles. The molecule has 6 heteroatoms. The van der Waals surface area contributed by atoms with Crippen LogP contribution in [0.4, 0.5) is 10.1 Å². The normalized spacial score (nSPS) is 17.0. The molecule has 1 atom stereocenters. The third-order valence-corrected chi connectivity index (χ3v) is 3.92. The van der Waals surface area contributed by atoms with Crippen LogP contribution in [0.3, 0.4) is 0 Å². The minimum atomic E-state index is -0.587. The minimum absolute atomic E-state index is 0.0410. The van der Waals surface area contributed by atoms with Crippen LogP contribution in [0.2, 0.25) is 0 Å². The fourth-order valence-corrected chi connectivity index (χ4v) is 2.67. The minimum Gasteiger partial charge on any atom is -0.491 e. The summed E-state index contributed by atoms with van der Waals surface area (Å²) in [6.45, 7) is 2.95. The Kier molecular flexibility index (Phi) is 4.16. The van der Waals surface area contributed by atoms with Gasteiger partial charge in [0.15, 0.2) is 0 Å². The van der Waals surface area contributed by atoms with Gasteiger partial charge in [0, 0.05) is 23.4 Å². The van der Waals surface area contributed by atoms with Crippen LogP contribution in [0.15, 0.2) is 42.5 Å². The third kappa shape index (κ3) is 3.12. The van der Waals surface area contributed by atoms with Crippen molar-refractivity contribution in [1.82, 2.24) is 5.48 Å². The van der Waals surface area contributed by atoms with Crippen LogP contribution in [0.5, 0.6) is 5.75 Å². The molecule has 23 heavy (non-hydrogen) atoms. The average molecular weight is 316 g/mol. The molecule has 0 aliphatic carbocycles. The van der Waals surface area contributed by atoms with Crippen molar-refractivity contribution < 1.29 is 19.1 Å². The Bertz CT molecular complexity index is 736. The second-order valence-electron chi connectivity index (χ2n) is 5.53. The van der Waals surface area contributed by atoms with E-state index in [-0.39, 0.29) is 11.9 Å². The van der Waals surface area contributed by atoms with Crippen molar-refractivity contribution >= 4 is 11.6 Å². The molecule has 0 unspecified atom stereocenters. The molecule has 0 spiro atoms. The number of halogens is 1. The molecular formula is C17H17FN2O3. The maximum Gasteiger partial charge on any atom is 0.274 e. The second kappa shape index (κ2) is 6.26. The van der Waals surface area contributed by atoms with E-state index in [9.17, 15) is 9.18 Å². The zero-order valence-corrected chi connectivity index (χ0v) is 12.6. The zero-order valence-electron chi connectivity index (χ0n) is 12.6. The van der Waals surface area contributed by atoms with Gasteiger partial charge in [-0.1, -0.05) is 12.1 Å². The Morgan fingerprint density at radius 1 is 1.35 bits per heavy atom. The summed E-state index contributed by atoms with van der Waals surface area (Å²) in [6.07, 6.45) is 0. The largest absolute Gasteiger partial charge is 0.491 e. The fourth-order valence-electron chi connectivity index (χ4n) is 2.67. The van der Waals surface area contributed by atoms with Crippen LogP contribution in [-0.4, -0.2) is 23.8 Å². The number of nitrogens with one attached hydrogen (secondary N) is 1. The van der Waals surface area contributed by atoms with E-state index in [1.165, 1.54) is 12.1 Å². The zero-order chi connectivity index (χ0) is 16.4. The molecule has 3 rings (SSSR count). The molecule has 2 N–H and O–H groups in total. The number of benzene rings is 2. The van der Waals surface area contributed by atoms with E-state index >= 15 is 0 Å². The van der Waals surface area contributed by atoms with Gasteiger partial charge in [-0.3, -0.25) is 10.0 Å². The van der Waals surface area contributed by atoms with Crippen molar-refractivity contribution in [3.05, 3.63) is 59.4 Å². The van der Waals surface area contributed by atoms with Gasteiger partial charge in [0.2, 0.25) is 0 Å². The molecule has 0 bridgehead atoms. The number of ether oxygens (including phenoxy) is 1. The topological polar surface area (TPSA) is 61.8 Å². The van der Waals surface area contributed by atoms with Crippen molar-refractivity contribution in [2.75, 3.05) is 11.5 Å². The standard InChI is InChI=1S/C17H17FN2O3/c1-11-10-23-16-7-12(17(21)19-22)5-6-13(16)9-20(11)15-4-2-3-14(18)8-15/h2-8,11,22H,9-10H2,1H3,(H,19,21)/t11-/m0/s1. The highest BCUT2D eigenvalue weighted by atomic mass is 19.1. The molecule has 0 saturated carbocycles. The molecular weight excluding hydrogens is 299 g/mol. The van der Waals surface area contributed by atoms with Crippen LogP contribution in [0.1, 0.15) is 22.8 Å². The molecule has 120 valence electrons. The number of hydrogen-bond donors (Lipinski definition) is 2. The summed E-state index contributed by atoms with van der Waals surface area (Å²) in [5.74, 6) is -0.275. The summed E-state index contributed by atoms with van der Waals surface area (Å²) >= 11 is 0. The summed E-state index contributed by atoms with van der Waals surface area (Å²) in [4.78, 5) is 13.6. The quantitative estimate of drug-likeness (QED) is 0.660. The first-order valence-electron chi connectivity index (χ1n) is 7.31. The molecule has 1 aliphatic heterocycles.